The number of aliphatic carboxylic acids is 1. The minimum Gasteiger partial charge on any atom is -0.480 e. The largest absolute Gasteiger partial charge is 0.480 e. The van der Waals surface area contributed by atoms with Crippen LogP contribution in [0.4, 0.5) is 0 Å². The maximum Gasteiger partial charge on any atom is 0.326 e. The molecule has 2 atom stereocenters. The highest BCUT2D eigenvalue weighted by Crippen LogP contribution is 2.18. The molecule has 132 valence electrons. The van der Waals surface area contributed by atoms with Crippen LogP contribution in [0.1, 0.15) is 56.7 Å². The highest BCUT2D eigenvalue weighted by molar-refractivity contribution is 5.84. The van der Waals surface area contributed by atoms with Gasteiger partial charge >= 0.3 is 5.97 Å². The summed E-state index contributed by atoms with van der Waals surface area (Å²) in [5.74, 6) is -1.67. The van der Waals surface area contributed by atoms with E-state index in [1.54, 1.807) is 0 Å². The minimum atomic E-state index is -1.04. The van der Waals surface area contributed by atoms with Crippen LogP contribution in [-0.4, -0.2) is 28.9 Å². The Balaban J connectivity index is 2.77. The molecule has 0 aliphatic carbocycles. The van der Waals surface area contributed by atoms with Crippen LogP contribution in [-0.2, 0) is 14.4 Å². The number of carbonyl (C=O) groups excluding carboxylic acids is 2. The molecule has 0 bridgehead atoms. The molecule has 2 unspecified atom stereocenters. The van der Waals surface area contributed by atoms with Gasteiger partial charge in [-0.3, -0.25) is 9.59 Å². The summed E-state index contributed by atoms with van der Waals surface area (Å²) in [5, 5.41) is 14.5. The molecule has 0 saturated heterocycles. The molecule has 0 aliphatic rings. The van der Waals surface area contributed by atoms with Crippen molar-refractivity contribution in [2.24, 2.45) is 0 Å². The Morgan fingerprint density at radius 1 is 1.12 bits per heavy atom. The van der Waals surface area contributed by atoms with E-state index in [4.69, 9.17) is 0 Å². The Labute approximate surface area is 142 Å². The zero-order valence-corrected chi connectivity index (χ0v) is 14.5. The molecule has 6 nitrogen and oxygen atoms in total. The van der Waals surface area contributed by atoms with Crippen molar-refractivity contribution >= 4 is 17.8 Å². The van der Waals surface area contributed by atoms with Gasteiger partial charge in [0.1, 0.15) is 6.04 Å². The van der Waals surface area contributed by atoms with E-state index < -0.39 is 24.0 Å². The van der Waals surface area contributed by atoms with Crippen LogP contribution in [0, 0.1) is 6.92 Å². The molecule has 0 fully saturated rings. The van der Waals surface area contributed by atoms with E-state index in [2.05, 4.69) is 10.6 Å². The van der Waals surface area contributed by atoms with Crippen LogP contribution in [0.15, 0.2) is 24.3 Å². The predicted octanol–water partition coefficient (Wildman–Crippen LogP) is 2.32. The van der Waals surface area contributed by atoms with Gasteiger partial charge in [0, 0.05) is 6.92 Å². The number of hydrogen-bond acceptors (Lipinski definition) is 3. The number of unbranched alkanes of at least 4 members (excludes halogenated alkanes) is 1. The average molecular weight is 334 g/mol. The SMILES string of the molecule is CCCCC(NC(=O)CC(NC(C)=O)c1ccc(C)cc1)C(=O)O. The van der Waals surface area contributed by atoms with Gasteiger partial charge in [-0.05, 0) is 18.9 Å². The molecule has 1 rings (SSSR count). The average Bonchev–Trinajstić information content (AvgIpc) is 2.50. The molecule has 3 N–H and O–H groups in total. The number of hydrogen-bond donors (Lipinski definition) is 3. The molecule has 0 aliphatic heterocycles. The van der Waals surface area contributed by atoms with E-state index >= 15 is 0 Å². The number of carboxylic acids is 1. The summed E-state index contributed by atoms with van der Waals surface area (Å²) in [5.41, 5.74) is 1.89. The Bertz CT molecular complexity index is 569. The van der Waals surface area contributed by atoms with Gasteiger partial charge in [-0.1, -0.05) is 49.6 Å². The van der Waals surface area contributed by atoms with E-state index in [1.807, 2.05) is 38.1 Å². The van der Waals surface area contributed by atoms with E-state index in [-0.39, 0.29) is 12.3 Å². The van der Waals surface area contributed by atoms with E-state index in [9.17, 15) is 19.5 Å². The van der Waals surface area contributed by atoms with Gasteiger partial charge in [0.25, 0.3) is 0 Å². The number of carboxylic acid groups (broad SMARTS) is 1. The molecule has 6 heteroatoms. The predicted molar refractivity (Wildman–Crippen MR) is 91.4 cm³/mol. The van der Waals surface area contributed by atoms with Gasteiger partial charge in [-0.25, -0.2) is 4.79 Å². The third-order valence-corrected chi connectivity index (χ3v) is 3.73. The Kier molecular flexibility index (Phi) is 7.95. The molecule has 0 radical (unpaired) electrons. The second kappa shape index (κ2) is 9.70. The Hall–Kier alpha value is -2.37. The van der Waals surface area contributed by atoms with Crippen molar-refractivity contribution in [1.82, 2.24) is 10.6 Å². The third kappa shape index (κ3) is 6.81. The van der Waals surface area contributed by atoms with Crippen molar-refractivity contribution in [3.05, 3.63) is 35.4 Å². The molecule has 2 amide bonds. The van der Waals surface area contributed by atoms with Crippen molar-refractivity contribution in [2.45, 2.75) is 58.5 Å². The van der Waals surface area contributed by atoms with Crippen molar-refractivity contribution < 1.29 is 19.5 Å². The number of amides is 2. The fraction of sp³-hybridized carbons (Fsp3) is 0.500. The van der Waals surface area contributed by atoms with Crippen LogP contribution >= 0.6 is 0 Å². The zero-order valence-electron chi connectivity index (χ0n) is 14.5. The van der Waals surface area contributed by atoms with E-state index in [0.717, 1.165) is 24.0 Å². The second-order valence-corrected chi connectivity index (χ2v) is 5.97. The zero-order chi connectivity index (χ0) is 18.1. The molecule has 0 heterocycles. The lowest BCUT2D eigenvalue weighted by atomic mass is 10.0. The second-order valence-electron chi connectivity index (χ2n) is 5.97. The fourth-order valence-electron chi connectivity index (χ4n) is 2.40. The lowest BCUT2D eigenvalue weighted by molar-refractivity contribution is -0.142. The lowest BCUT2D eigenvalue weighted by Gasteiger charge is -2.20. The molecule has 0 spiro atoms. The summed E-state index contributed by atoms with van der Waals surface area (Å²) in [6, 6.07) is 6.15. The highest BCUT2D eigenvalue weighted by atomic mass is 16.4. The molecular formula is C18H26N2O4. The van der Waals surface area contributed by atoms with E-state index in [1.165, 1.54) is 6.92 Å². The summed E-state index contributed by atoms with van der Waals surface area (Å²) in [7, 11) is 0. The molecular weight excluding hydrogens is 308 g/mol. The minimum absolute atomic E-state index is 0.00144. The number of carbonyl (C=O) groups is 3. The standard InChI is InChI=1S/C18H26N2O4/c1-4-5-6-15(18(23)24)20-17(22)11-16(19-13(3)21)14-9-7-12(2)8-10-14/h7-10,15-16H,4-6,11H2,1-3H3,(H,19,21)(H,20,22)(H,23,24). The first-order valence-electron chi connectivity index (χ1n) is 8.19. The third-order valence-electron chi connectivity index (χ3n) is 3.73. The maximum absolute atomic E-state index is 12.2. The first-order chi connectivity index (χ1) is 11.3. The Morgan fingerprint density at radius 2 is 1.75 bits per heavy atom. The molecule has 1 aromatic rings. The van der Waals surface area contributed by atoms with Crippen molar-refractivity contribution in [3.8, 4) is 0 Å². The highest BCUT2D eigenvalue weighted by Gasteiger charge is 2.22. The number of benzene rings is 1. The van der Waals surface area contributed by atoms with Gasteiger partial charge < -0.3 is 15.7 Å². The first kappa shape index (κ1) is 19.7. The summed E-state index contributed by atoms with van der Waals surface area (Å²) in [6.45, 7) is 5.31. The molecule has 24 heavy (non-hydrogen) atoms. The van der Waals surface area contributed by atoms with Crippen LogP contribution in [0.2, 0.25) is 0 Å². The van der Waals surface area contributed by atoms with Crippen molar-refractivity contribution in [3.63, 3.8) is 0 Å². The fourth-order valence-corrected chi connectivity index (χ4v) is 2.40. The molecule has 1 aromatic carbocycles. The van der Waals surface area contributed by atoms with Gasteiger partial charge in [-0.2, -0.15) is 0 Å². The number of aryl methyl sites for hydroxylation is 1. The smallest absolute Gasteiger partial charge is 0.326 e. The van der Waals surface area contributed by atoms with Crippen LogP contribution in [0.3, 0.4) is 0 Å². The number of nitrogens with one attached hydrogen (secondary N) is 2. The summed E-state index contributed by atoms with van der Waals surface area (Å²) in [6.07, 6.45) is 1.98. The van der Waals surface area contributed by atoms with Gasteiger partial charge in [0.2, 0.25) is 11.8 Å². The topological polar surface area (TPSA) is 95.5 Å². The monoisotopic (exact) mass is 334 g/mol. The normalized spacial score (nSPS) is 13.0. The van der Waals surface area contributed by atoms with Crippen molar-refractivity contribution in [1.29, 1.82) is 0 Å². The van der Waals surface area contributed by atoms with Gasteiger partial charge in [0.05, 0.1) is 12.5 Å². The summed E-state index contributed by atoms with van der Waals surface area (Å²) in [4.78, 5) is 34.9. The van der Waals surface area contributed by atoms with Crippen LogP contribution < -0.4 is 10.6 Å². The maximum atomic E-state index is 12.2. The van der Waals surface area contributed by atoms with Crippen LogP contribution in [0.5, 0.6) is 0 Å². The van der Waals surface area contributed by atoms with E-state index in [0.29, 0.717) is 6.42 Å². The summed E-state index contributed by atoms with van der Waals surface area (Å²) >= 11 is 0. The quantitative estimate of drug-likeness (QED) is 0.646. The summed E-state index contributed by atoms with van der Waals surface area (Å²) < 4.78 is 0. The van der Waals surface area contributed by atoms with Gasteiger partial charge in [-0.15, -0.1) is 0 Å². The molecule has 0 aromatic heterocycles. The lowest BCUT2D eigenvalue weighted by Crippen LogP contribution is -2.42. The van der Waals surface area contributed by atoms with Crippen molar-refractivity contribution in [2.75, 3.05) is 0 Å². The first-order valence-corrected chi connectivity index (χ1v) is 8.19. The van der Waals surface area contributed by atoms with Gasteiger partial charge in [0.15, 0.2) is 0 Å². The molecule has 0 saturated carbocycles. The Morgan fingerprint density at radius 3 is 2.25 bits per heavy atom. The number of rotatable bonds is 9. The van der Waals surface area contributed by atoms with Crippen LogP contribution in [0.25, 0.3) is 0 Å².